The lowest BCUT2D eigenvalue weighted by molar-refractivity contribution is -0.904. The van der Waals surface area contributed by atoms with Gasteiger partial charge in [0, 0.05) is 11.5 Å². The number of quaternary nitrogens is 1. The van der Waals surface area contributed by atoms with E-state index in [9.17, 15) is 9.90 Å². The minimum absolute atomic E-state index is 0.0956. The number of hydrogen-bond acceptors (Lipinski definition) is 5. The van der Waals surface area contributed by atoms with Crippen LogP contribution in [0.4, 0.5) is 0 Å². The van der Waals surface area contributed by atoms with E-state index in [1.807, 2.05) is 30.3 Å². The lowest BCUT2D eigenvalue weighted by atomic mass is 9.80. The predicted octanol–water partition coefficient (Wildman–Crippen LogP) is 3.86. The molecule has 1 atom stereocenters. The van der Waals surface area contributed by atoms with Gasteiger partial charge in [0.1, 0.15) is 25.4 Å². The molecule has 1 saturated carbocycles. The Morgan fingerprint density at radius 3 is 2.47 bits per heavy atom. The lowest BCUT2D eigenvalue weighted by Crippen LogP contribution is -2.41. The zero-order chi connectivity index (χ0) is 24.2. The molecule has 0 spiro atoms. The second-order valence-electron chi connectivity index (χ2n) is 9.80. The molecule has 0 bridgehead atoms. The fourth-order valence-corrected chi connectivity index (χ4v) is 4.75. The summed E-state index contributed by atoms with van der Waals surface area (Å²) in [6.45, 7) is 1.85. The van der Waals surface area contributed by atoms with E-state index >= 15 is 0 Å². The summed E-state index contributed by atoms with van der Waals surface area (Å²) in [5.74, 6) is 1.45. The third-order valence-corrected chi connectivity index (χ3v) is 6.73. The van der Waals surface area contributed by atoms with Crippen molar-refractivity contribution < 1.29 is 23.5 Å². The van der Waals surface area contributed by atoms with Gasteiger partial charge in [0.2, 0.25) is 11.8 Å². The van der Waals surface area contributed by atoms with Gasteiger partial charge in [-0.2, -0.15) is 0 Å². The normalized spacial score (nSPS) is 16.3. The van der Waals surface area contributed by atoms with Gasteiger partial charge in [0.15, 0.2) is 11.4 Å². The molecule has 0 saturated heterocycles. The molecule has 1 aliphatic rings. The number of carbonyl (C=O) groups is 1. The van der Waals surface area contributed by atoms with Crippen LogP contribution in [0.25, 0.3) is 0 Å². The SMILES string of the molecule is C[N+](C)(CCOc1ccc(C(N)=O)cc1)Cc1cnc(C(O)(c2ccccc2)C2CCCC2)o1. The molecular weight excluding hydrogens is 430 g/mol. The van der Waals surface area contributed by atoms with E-state index in [1.54, 1.807) is 30.5 Å². The van der Waals surface area contributed by atoms with Crippen LogP contribution in [-0.2, 0) is 12.1 Å². The number of nitrogens with two attached hydrogens (primary N) is 1. The topological polar surface area (TPSA) is 98.6 Å². The Kier molecular flexibility index (Phi) is 7.05. The standard InChI is InChI=1S/C27H33N3O4/c1-30(2,16-17-33-23-14-12-20(13-15-23)25(28)31)19-24-18-29-26(34-24)27(32,22-10-6-7-11-22)21-8-4-3-5-9-21/h3-5,8-9,12-15,18,22,32H,6-7,10-11,16-17,19H2,1-2H3,(H-,28,31)/p+1. The van der Waals surface area contributed by atoms with Gasteiger partial charge in [-0.25, -0.2) is 4.98 Å². The molecule has 0 aliphatic heterocycles. The second kappa shape index (κ2) is 9.99. The molecule has 180 valence electrons. The average molecular weight is 465 g/mol. The van der Waals surface area contributed by atoms with Gasteiger partial charge in [0.05, 0.1) is 20.3 Å². The summed E-state index contributed by atoms with van der Waals surface area (Å²) >= 11 is 0. The summed E-state index contributed by atoms with van der Waals surface area (Å²) in [4.78, 5) is 15.7. The van der Waals surface area contributed by atoms with Gasteiger partial charge in [-0.15, -0.1) is 0 Å². The average Bonchev–Trinajstić information content (AvgIpc) is 3.52. The molecule has 4 rings (SSSR count). The van der Waals surface area contributed by atoms with Crippen molar-refractivity contribution in [1.29, 1.82) is 0 Å². The van der Waals surface area contributed by atoms with Crippen molar-refractivity contribution in [2.45, 2.75) is 37.8 Å². The highest BCUT2D eigenvalue weighted by molar-refractivity contribution is 5.92. The first-order valence-electron chi connectivity index (χ1n) is 11.9. The van der Waals surface area contributed by atoms with Gasteiger partial charge in [-0.05, 0) is 42.7 Å². The molecule has 1 heterocycles. The smallest absolute Gasteiger partial charge is 0.248 e. The number of carbonyl (C=O) groups excluding carboxylic acids is 1. The summed E-state index contributed by atoms with van der Waals surface area (Å²) in [6.07, 6.45) is 5.89. The molecule has 0 radical (unpaired) electrons. The summed E-state index contributed by atoms with van der Waals surface area (Å²) < 4.78 is 12.7. The molecule has 3 aromatic rings. The van der Waals surface area contributed by atoms with E-state index in [-0.39, 0.29) is 5.92 Å². The monoisotopic (exact) mass is 464 g/mol. The highest BCUT2D eigenvalue weighted by atomic mass is 16.5. The van der Waals surface area contributed by atoms with E-state index in [0.29, 0.717) is 34.8 Å². The van der Waals surface area contributed by atoms with Crippen LogP contribution in [0, 0.1) is 5.92 Å². The highest BCUT2D eigenvalue weighted by Crippen LogP contribution is 2.44. The molecule has 7 nitrogen and oxygen atoms in total. The van der Waals surface area contributed by atoms with Crippen molar-refractivity contribution in [2.75, 3.05) is 27.2 Å². The molecule has 3 N–H and O–H groups in total. The molecule has 7 heteroatoms. The number of amides is 1. The van der Waals surface area contributed by atoms with Gasteiger partial charge < -0.3 is 24.5 Å². The Morgan fingerprint density at radius 2 is 1.82 bits per heavy atom. The van der Waals surface area contributed by atoms with E-state index in [1.165, 1.54) is 0 Å². The number of hydrogen-bond donors (Lipinski definition) is 2. The maximum atomic E-state index is 11.9. The predicted molar refractivity (Wildman–Crippen MR) is 129 cm³/mol. The Labute approximate surface area is 200 Å². The number of oxazole rings is 1. The third kappa shape index (κ3) is 5.32. The molecular formula is C27H34N3O4+. The number of aliphatic hydroxyl groups is 1. The lowest BCUT2D eigenvalue weighted by Gasteiger charge is -2.32. The maximum Gasteiger partial charge on any atom is 0.248 e. The van der Waals surface area contributed by atoms with E-state index in [2.05, 4.69) is 19.1 Å². The van der Waals surface area contributed by atoms with Gasteiger partial charge in [-0.3, -0.25) is 4.79 Å². The third-order valence-electron chi connectivity index (χ3n) is 6.73. The Bertz CT molecular complexity index is 1090. The van der Waals surface area contributed by atoms with Crippen LogP contribution in [0.5, 0.6) is 5.75 Å². The number of likely N-dealkylation sites (N-methyl/N-ethyl adjacent to an activating group) is 1. The molecule has 2 aromatic carbocycles. The summed E-state index contributed by atoms with van der Waals surface area (Å²) in [6, 6.07) is 16.6. The first-order valence-corrected chi connectivity index (χ1v) is 11.9. The molecule has 1 amide bonds. The zero-order valence-corrected chi connectivity index (χ0v) is 19.9. The molecule has 1 aliphatic carbocycles. The van der Waals surface area contributed by atoms with Crippen LogP contribution < -0.4 is 10.5 Å². The Morgan fingerprint density at radius 1 is 1.15 bits per heavy atom. The zero-order valence-electron chi connectivity index (χ0n) is 19.9. The van der Waals surface area contributed by atoms with Gasteiger partial charge in [-0.1, -0.05) is 43.2 Å². The Hall–Kier alpha value is -3.16. The van der Waals surface area contributed by atoms with Crippen molar-refractivity contribution in [3.63, 3.8) is 0 Å². The van der Waals surface area contributed by atoms with Gasteiger partial charge >= 0.3 is 0 Å². The van der Waals surface area contributed by atoms with Crippen LogP contribution in [0.3, 0.4) is 0 Å². The quantitative estimate of drug-likeness (QED) is 0.444. The minimum atomic E-state index is -1.21. The number of rotatable bonds is 10. The number of benzene rings is 2. The molecule has 34 heavy (non-hydrogen) atoms. The number of primary amides is 1. The minimum Gasteiger partial charge on any atom is -0.488 e. The van der Waals surface area contributed by atoms with Crippen molar-refractivity contribution in [2.24, 2.45) is 11.7 Å². The van der Waals surface area contributed by atoms with Crippen LogP contribution >= 0.6 is 0 Å². The summed E-state index contributed by atoms with van der Waals surface area (Å²) in [5, 5.41) is 11.9. The largest absolute Gasteiger partial charge is 0.488 e. The fraction of sp³-hybridized carbons (Fsp3) is 0.407. The van der Waals surface area contributed by atoms with Crippen LogP contribution in [0.2, 0.25) is 0 Å². The molecule has 1 aromatic heterocycles. The van der Waals surface area contributed by atoms with E-state index in [4.69, 9.17) is 14.9 Å². The number of ether oxygens (including phenoxy) is 1. The molecule has 1 unspecified atom stereocenters. The maximum absolute atomic E-state index is 11.9. The first-order chi connectivity index (χ1) is 16.3. The number of nitrogens with zero attached hydrogens (tertiary/aromatic N) is 2. The summed E-state index contributed by atoms with van der Waals surface area (Å²) in [7, 11) is 4.20. The van der Waals surface area contributed by atoms with Crippen molar-refractivity contribution in [3.8, 4) is 5.75 Å². The van der Waals surface area contributed by atoms with E-state index in [0.717, 1.165) is 43.6 Å². The van der Waals surface area contributed by atoms with E-state index < -0.39 is 11.5 Å². The fourth-order valence-electron chi connectivity index (χ4n) is 4.75. The van der Waals surface area contributed by atoms with Crippen molar-refractivity contribution >= 4 is 5.91 Å². The highest BCUT2D eigenvalue weighted by Gasteiger charge is 2.45. The van der Waals surface area contributed by atoms with Gasteiger partial charge in [0.25, 0.3) is 0 Å². The van der Waals surface area contributed by atoms with Crippen LogP contribution in [-0.4, -0.2) is 47.7 Å². The first kappa shape index (κ1) is 24.0. The van der Waals surface area contributed by atoms with Crippen molar-refractivity contribution in [1.82, 2.24) is 4.98 Å². The molecule has 1 fully saturated rings. The van der Waals surface area contributed by atoms with Crippen molar-refractivity contribution in [3.05, 3.63) is 83.6 Å². The number of aromatic nitrogens is 1. The second-order valence-corrected chi connectivity index (χ2v) is 9.80. The van der Waals surface area contributed by atoms with Crippen LogP contribution in [0.15, 0.2) is 65.2 Å². The van der Waals surface area contributed by atoms with Crippen LogP contribution in [0.1, 0.15) is 53.3 Å². The summed E-state index contributed by atoms with van der Waals surface area (Å²) in [5.41, 5.74) is 5.35. The Balaban J connectivity index is 1.41.